The zero-order valence-electron chi connectivity index (χ0n) is 8.78. The molecule has 1 aromatic heterocycles. The van der Waals surface area contributed by atoms with E-state index in [9.17, 15) is 0 Å². The van der Waals surface area contributed by atoms with Crippen molar-refractivity contribution in [2.24, 2.45) is 0 Å². The van der Waals surface area contributed by atoms with Crippen LogP contribution in [-0.2, 0) is 0 Å². The van der Waals surface area contributed by atoms with Gasteiger partial charge in [-0.1, -0.05) is 29.8 Å². The van der Waals surface area contributed by atoms with Gasteiger partial charge in [0.05, 0.1) is 0 Å². The summed E-state index contributed by atoms with van der Waals surface area (Å²) in [6.45, 7) is 2.16. The Balaban J connectivity index is 1.95. The number of nitrogens with zero attached hydrogens (tertiary/aromatic N) is 1. The number of rotatable bonds is 3. The average molecular weight is 223 g/mol. The first-order valence-electron chi connectivity index (χ1n) is 5.28. The average Bonchev–Trinajstić information content (AvgIpc) is 2.71. The molecule has 0 bridgehead atoms. The van der Waals surface area contributed by atoms with Gasteiger partial charge in [0.2, 0.25) is 0 Å². The first kappa shape index (κ1) is 10.7. The van der Waals surface area contributed by atoms with Gasteiger partial charge < -0.3 is 5.32 Å². The molecule has 0 aliphatic heterocycles. The molecule has 0 radical (unpaired) electrons. The number of nitrogens with one attached hydrogen (secondary N) is 1. The summed E-state index contributed by atoms with van der Waals surface area (Å²) in [7, 11) is 0. The molecule has 2 nitrogen and oxygen atoms in total. The van der Waals surface area contributed by atoms with Crippen molar-refractivity contribution in [1.29, 1.82) is 0 Å². The Morgan fingerprint density at radius 1 is 1.40 bits per heavy atom. The molecule has 1 aromatic rings. The minimum Gasteiger partial charge on any atom is -0.307 e. The van der Waals surface area contributed by atoms with Crippen molar-refractivity contribution in [3.8, 4) is 0 Å². The maximum absolute atomic E-state index is 5.75. The summed E-state index contributed by atoms with van der Waals surface area (Å²) in [5, 5.41) is 4.12. The van der Waals surface area contributed by atoms with Crippen LogP contribution in [0.15, 0.2) is 30.5 Å². The number of hydrogen-bond donors (Lipinski definition) is 1. The van der Waals surface area contributed by atoms with Gasteiger partial charge in [0.25, 0.3) is 0 Å². The Labute approximate surface area is 95.4 Å². The molecule has 0 aromatic carbocycles. The van der Waals surface area contributed by atoms with Crippen molar-refractivity contribution in [1.82, 2.24) is 10.3 Å². The molecule has 0 saturated carbocycles. The predicted molar refractivity (Wildman–Crippen MR) is 63.0 cm³/mol. The number of aromatic nitrogens is 1. The van der Waals surface area contributed by atoms with Crippen LogP contribution in [0.5, 0.6) is 0 Å². The Kier molecular flexibility index (Phi) is 3.39. The zero-order valence-corrected chi connectivity index (χ0v) is 9.54. The zero-order chi connectivity index (χ0) is 10.7. The topological polar surface area (TPSA) is 24.9 Å². The first-order chi connectivity index (χ1) is 7.25. The number of hydrogen-bond acceptors (Lipinski definition) is 2. The molecule has 0 amide bonds. The lowest BCUT2D eigenvalue weighted by Crippen LogP contribution is -2.29. The fraction of sp³-hybridized carbons (Fsp3) is 0.417. The number of pyridine rings is 1. The second kappa shape index (κ2) is 4.77. The van der Waals surface area contributed by atoms with Gasteiger partial charge in [0, 0.05) is 18.3 Å². The van der Waals surface area contributed by atoms with Crippen LogP contribution in [0.3, 0.4) is 0 Å². The molecule has 0 saturated heterocycles. The van der Waals surface area contributed by atoms with Gasteiger partial charge in [-0.15, -0.1) is 0 Å². The highest BCUT2D eigenvalue weighted by atomic mass is 35.5. The van der Waals surface area contributed by atoms with E-state index in [1.165, 1.54) is 5.56 Å². The molecule has 1 atom stereocenters. The van der Waals surface area contributed by atoms with E-state index in [0.29, 0.717) is 17.2 Å². The highest BCUT2D eigenvalue weighted by molar-refractivity contribution is 6.29. The molecule has 1 N–H and O–H groups in total. The maximum atomic E-state index is 5.75. The highest BCUT2D eigenvalue weighted by Crippen LogP contribution is 2.17. The monoisotopic (exact) mass is 222 g/mol. The van der Waals surface area contributed by atoms with Gasteiger partial charge in [-0.3, -0.25) is 0 Å². The van der Waals surface area contributed by atoms with Gasteiger partial charge in [0.15, 0.2) is 0 Å². The van der Waals surface area contributed by atoms with Gasteiger partial charge >= 0.3 is 0 Å². The minimum atomic E-state index is 0.333. The Bertz CT molecular complexity index is 337. The molecule has 1 aliphatic carbocycles. The Morgan fingerprint density at radius 2 is 2.13 bits per heavy atom. The lowest BCUT2D eigenvalue weighted by Gasteiger charge is -2.19. The van der Waals surface area contributed by atoms with E-state index in [4.69, 9.17) is 11.6 Å². The fourth-order valence-electron chi connectivity index (χ4n) is 1.85. The minimum absolute atomic E-state index is 0.333. The molecule has 0 fully saturated rings. The third-order valence-electron chi connectivity index (χ3n) is 2.74. The molecule has 15 heavy (non-hydrogen) atoms. The highest BCUT2D eigenvalue weighted by Gasteiger charge is 2.14. The van der Waals surface area contributed by atoms with Crippen LogP contribution in [0, 0.1) is 0 Å². The predicted octanol–water partition coefficient (Wildman–Crippen LogP) is 3.10. The molecule has 3 heteroatoms. The Morgan fingerprint density at radius 3 is 2.73 bits per heavy atom. The van der Waals surface area contributed by atoms with Crippen LogP contribution in [0.4, 0.5) is 0 Å². The van der Waals surface area contributed by atoms with Crippen molar-refractivity contribution >= 4 is 11.6 Å². The van der Waals surface area contributed by atoms with E-state index >= 15 is 0 Å². The van der Waals surface area contributed by atoms with Gasteiger partial charge in [-0.05, 0) is 31.4 Å². The van der Waals surface area contributed by atoms with E-state index in [1.807, 2.05) is 18.3 Å². The van der Waals surface area contributed by atoms with Crippen LogP contribution in [0.2, 0.25) is 5.15 Å². The fourth-order valence-corrected chi connectivity index (χ4v) is 1.96. The molecular weight excluding hydrogens is 208 g/mol. The van der Waals surface area contributed by atoms with Crippen LogP contribution in [-0.4, -0.2) is 11.0 Å². The largest absolute Gasteiger partial charge is 0.307 e. The summed E-state index contributed by atoms with van der Waals surface area (Å²) >= 11 is 5.75. The molecule has 1 aliphatic rings. The second-order valence-electron chi connectivity index (χ2n) is 3.94. The normalized spacial score (nSPS) is 18.3. The van der Waals surface area contributed by atoms with Crippen LogP contribution in [0.25, 0.3) is 0 Å². The first-order valence-corrected chi connectivity index (χ1v) is 5.66. The summed E-state index contributed by atoms with van der Waals surface area (Å²) in [4.78, 5) is 4.08. The summed E-state index contributed by atoms with van der Waals surface area (Å²) in [5.74, 6) is 0. The lowest BCUT2D eigenvalue weighted by atomic mass is 10.1. The van der Waals surface area contributed by atoms with Crippen molar-refractivity contribution in [3.63, 3.8) is 0 Å². The molecule has 1 heterocycles. The quantitative estimate of drug-likeness (QED) is 0.628. The third kappa shape index (κ3) is 2.80. The van der Waals surface area contributed by atoms with Crippen molar-refractivity contribution in [2.45, 2.75) is 31.8 Å². The standard InChI is InChI=1S/C12H15ClN2/c1-9(15-11-4-2-3-5-11)10-6-7-12(13)14-8-10/h2-3,6-9,11,15H,4-5H2,1H3. The van der Waals surface area contributed by atoms with Gasteiger partial charge in [-0.25, -0.2) is 4.98 Å². The van der Waals surface area contributed by atoms with E-state index in [1.54, 1.807) is 0 Å². The molecule has 2 rings (SSSR count). The second-order valence-corrected chi connectivity index (χ2v) is 4.33. The van der Waals surface area contributed by atoms with E-state index < -0.39 is 0 Å². The van der Waals surface area contributed by atoms with Gasteiger partial charge in [0.1, 0.15) is 5.15 Å². The van der Waals surface area contributed by atoms with Crippen molar-refractivity contribution in [2.75, 3.05) is 0 Å². The summed E-state index contributed by atoms with van der Waals surface area (Å²) in [6.07, 6.45) is 8.55. The lowest BCUT2D eigenvalue weighted by molar-refractivity contribution is 0.470. The van der Waals surface area contributed by atoms with Crippen molar-refractivity contribution < 1.29 is 0 Å². The third-order valence-corrected chi connectivity index (χ3v) is 2.97. The molecule has 0 spiro atoms. The van der Waals surface area contributed by atoms with Crippen LogP contribution < -0.4 is 5.32 Å². The SMILES string of the molecule is CC(NC1CC=CC1)c1ccc(Cl)nc1. The van der Waals surface area contributed by atoms with Crippen LogP contribution >= 0.6 is 11.6 Å². The molecular formula is C12H15ClN2. The smallest absolute Gasteiger partial charge is 0.129 e. The summed E-state index contributed by atoms with van der Waals surface area (Å²) in [5.41, 5.74) is 1.19. The van der Waals surface area contributed by atoms with Gasteiger partial charge in [-0.2, -0.15) is 0 Å². The maximum Gasteiger partial charge on any atom is 0.129 e. The van der Waals surface area contributed by atoms with Crippen LogP contribution in [0.1, 0.15) is 31.4 Å². The number of halogens is 1. The summed E-state index contributed by atoms with van der Waals surface area (Å²) in [6, 6.07) is 4.77. The van der Waals surface area contributed by atoms with E-state index in [-0.39, 0.29) is 0 Å². The summed E-state index contributed by atoms with van der Waals surface area (Å²) < 4.78 is 0. The molecule has 1 unspecified atom stereocenters. The molecule has 80 valence electrons. The van der Waals surface area contributed by atoms with Crippen molar-refractivity contribution in [3.05, 3.63) is 41.2 Å². The van der Waals surface area contributed by atoms with E-state index in [2.05, 4.69) is 29.4 Å². The Hall–Kier alpha value is -0.860. The van der Waals surface area contributed by atoms with E-state index in [0.717, 1.165) is 12.8 Å².